The lowest BCUT2D eigenvalue weighted by molar-refractivity contribution is 0.358. The summed E-state index contributed by atoms with van der Waals surface area (Å²) in [5.41, 5.74) is 0.482. The Bertz CT molecular complexity index is 1220. The number of aliphatic hydroxyl groups is 1. The van der Waals surface area contributed by atoms with Crippen molar-refractivity contribution in [2.75, 3.05) is 6.54 Å². The number of aryl methyl sites for hydroxylation is 1. The fraction of sp³-hybridized carbons (Fsp3) is 0.118. The topological polar surface area (TPSA) is 138 Å². The van der Waals surface area contributed by atoms with Crippen LogP contribution in [0.4, 0.5) is 0 Å². The maximum Gasteiger partial charge on any atom is 0.325 e. The lowest BCUT2D eigenvalue weighted by Crippen LogP contribution is -2.28. The zero-order valence-electron chi connectivity index (χ0n) is 14.1. The molecule has 4 rings (SSSR count). The first-order valence-corrected chi connectivity index (χ1v) is 8.77. The van der Waals surface area contributed by atoms with Crippen molar-refractivity contribution < 1.29 is 5.11 Å². The molecule has 0 fully saturated rings. The van der Waals surface area contributed by atoms with Gasteiger partial charge in [-0.05, 0) is 19.1 Å². The van der Waals surface area contributed by atoms with Gasteiger partial charge in [0.1, 0.15) is 17.3 Å². The number of thiazole rings is 1. The summed E-state index contributed by atoms with van der Waals surface area (Å²) in [5.74, 6) is -0.0235. The van der Waals surface area contributed by atoms with E-state index in [4.69, 9.17) is 5.41 Å². The van der Waals surface area contributed by atoms with Crippen LogP contribution in [0.25, 0.3) is 15.8 Å². The maximum absolute atomic E-state index is 11.9. The molecular weight excluding hydrogens is 368 g/mol. The normalized spacial score (nSPS) is 14.9. The van der Waals surface area contributed by atoms with E-state index in [0.29, 0.717) is 16.3 Å². The van der Waals surface area contributed by atoms with E-state index in [1.165, 1.54) is 22.6 Å². The average molecular weight is 382 g/mol. The van der Waals surface area contributed by atoms with Crippen LogP contribution in [0.5, 0.6) is 0 Å². The molecular formula is C17H14N6O3S. The second kappa shape index (κ2) is 6.32. The van der Waals surface area contributed by atoms with E-state index in [-0.39, 0.29) is 23.7 Å². The molecule has 1 aliphatic heterocycles. The van der Waals surface area contributed by atoms with Crippen LogP contribution in [-0.4, -0.2) is 43.7 Å². The Morgan fingerprint density at radius 2 is 2.11 bits per heavy atom. The van der Waals surface area contributed by atoms with E-state index in [1.54, 1.807) is 6.92 Å². The summed E-state index contributed by atoms with van der Waals surface area (Å²) < 4.78 is 0.956. The van der Waals surface area contributed by atoms with Crippen LogP contribution in [0, 0.1) is 12.3 Å². The summed E-state index contributed by atoms with van der Waals surface area (Å²) in [6.45, 7) is 1.58. The molecule has 0 bridgehead atoms. The highest BCUT2D eigenvalue weighted by Crippen LogP contribution is 2.33. The lowest BCUT2D eigenvalue weighted by Gasteiger charge is -2.11. The zero-order chi connectivity index (χ0) is 19.1. The molecule has 1 aliphatic rings. The van der Waals surface area contributed by atoms with Crippen molar-refractivity contribution in [3.8, 4) is 0 Å². The first-order chi connectivity index (χ1) is 12.9. The number of fused-ring (bicyclic) bond motifs is 1. The quantitative estimate of drug-likeness (QED) is 0.510. The van der Waals surface area contributed by atoms with Gasteiger partial charge in [-0.25, -0.2) is 14.8 Å². The first kappa shape index (κ1) is 16.9. The largest absolute Gasteiger partial charge is 0.509 e. The number of H-pyrrole nitrogens is 2. The van der Waals surface area contributed by atoms with Gasteiger partial charge >= 0.3 is 5.69 Å². The van der Waals surface area contributed by atoms with E-state index >= 15 is 0 Å². The van der Waals surface area contributed by atoms with Crippen molar-refractivity contribution >= 4 is 39.2 Å². The van der Waals surface area contributed by atoms with Gasteiger partial charge in [0.15, 0.2) is 5.84 Å². The standard InChI is InChI=1S/C17H14N6O3S/c1-8-9(15(25)22-17(26)20-8)6-19-23-7-11(24)13(14(23)18)16-21-10-4-2-3-5-12(10)27-16/h2-6,18,24H,7H2,1H3,(H2,20,22,25,26). The summed E-state index contributed by atoms with van der Waals surface area (Å²) in [6.07, 6.45) is 1.26. The van der Waals surface area contributed by atoms with Crippen molar-refractivity contribution in [1.29, 1.82) is 5.41 Å². The molecule has 136 valence electrons. The van der Waals surface area contributed by atoms with Crippen LogP contribution < -0.4 is 11.2 Å². The van der Waals surface area contributed by atoms with Crippen molar-refractivity contribution in [1.82, 2.24) is 20.0 Å². The molecule has 0 radical (unpaired) electrons. The van der Waals surface area contributed by atoms with E-state index in [0.717, 1.165) is 10.2 Å². The molecule has 10 heteroatoms. The molecule has 27 heavy (non-hydrogen) atoms. The molecule has 0 unspecified atom stereocenters. The van der Waals surface area contributed by atoms with Crippen molar-refractivity contribution in [2.24, 2.45) is 5.10 Å². The van der Waals surface area contributed by atoms with Crippen LogP contribution in [0.3, 0.4) is 0 Å². The molecule has 9 nitrogen and oxygen atoms in total. The number of rotatable bonds is 3. The molecule has 0 saturated carbocycles. The smallest absolute Gasteiger partial charge is 0.325 e. The van der Waals surface area contributed by atoms with Gasteiger partial charge in [-0.2, -0.15) is 5.10 Å². The summed E-state index contributed by atoms with van der Waals surface area (Å²) in [4.78, 5) is 32.2. The number of nitrogens with zero attached hydrogens (tertiary/aromatic N) is 3. The molecule has 1 aromatic carbocycles. The Morgan fingerprint density at radius 3 is 2.85 bits per heavy atom. The Hall–Kier alpha value is -3.53. The fourth-order valence-corrected chi connectivity index (χ4v) is 3.79. The van der Waals surface area contributed by atoms with Gasteiger partial charge in [-0.1, -0.05) is 12.1 Å². The third kappa shape index (κ3) is 2.95. The van der Waals surface area contributed by atoms with Crippen molar-refractivity contribution in [3.63, 3.8) is 0 Å². The Balaban J connectivity index is 1.64. The molecule has 0 atom stereocenters. The number of para-hydroxylation sites is 1. The van der Waals surface area contributed by atoms with Crippen LogP contribution in [-0.2, 0) is 0 Å². The summed E-state index contributed by atoms with van der Waals surface area (Å²) in [5, 5.41) is 24.6. The van der Waals surface area contributed by atoms with Crippen LogP contribution in [0.1, 0.15) is 16.3 Å². The van der Waals surface area contributed by atoms with Crippen LogP contribution in [0.2, 0.25) is 0 Å². The van der Waals surface area contributed by atoms with Gasteiger partial charge in [0.05, 0.1) is 27.6 Å². The molecule has 4 N–H and O–H groups in total. The highest BCUT2D eigenvalue weighted by molar-refractivity contribution is 7.19. The molecule has 3 aromatic rings. The van der Waals surface area contributed by atoms with Gasteiger partial charge in [-0.15, -0.1) is 11.3 Å². The minimum atomic E-state index is -0.596. The fourth-order valence-electron chi connectivity index (χ4n) is 2.76. The minimum absolute atomic E-state index is 0.000891. The van der Waals surface area contributed by atoms with E-state index in [1.807, 2.05) is 24.3 Å². The highest BCUT2D eigenvalue weighted by atomic mass is 32.1. The molecule has 0 amide bonds. The zero-order valence-corrected chi connectivity index (χ0v) is 14.9. The number of hydrogen-bond donors (Lipinski definition) is 4. The Kier molecular flexibility index (Phi) is 3.96. The van der Waals surface area contributed by atoms with Gasteiger partial charge < -0.3 is 10.1 Å². The monoisotopic (exact) mass is 382 g/mol. The third-order valence-corrected chi connectivity index (χ3v) is 5.15. The number of benzene rings is 1. The van der Waals surface area contributed by atoms with Gasteiger partial charge in [-0.3, -0.25) is 15.2 Å². The van der Waals surface area contributed by atoms with E-state index in [9.17, 15) is 14.7 Å². The number of aliphatic hydroxyl groups excluding tert-OH is 1. The number of aromatic nitrogens is 3. The predicted octanol–water partition coefficient (Wildman–Crippen LogP) is 1.58. The molecule has 2 aromatic heterocycles. The van der Waals surface area contributed by atoms with Crippen LogP contribution in [0.15, 0.2) is 44.7 Å². The predicted molar refractivity (Wildman–Crippen MR) is 104 cm³/mol. The molecule has 0 aliphatic carbocycles. The second-order valence-corrected chi connectivity index (χ2v) is 6.94. The number of nitrogens with one attached hydrogen (secondary N) is 3. The Morgan fingerprint density at radius 1 is 1.33 bits per heavy atom. The van der Waals surface area contributed by atoms with Crippen molar-refractivity contribution in [3.05, 3.63) is 67.1 Å². The molecule has 0 spiro atoms. The average Bonchev–Trinajstić information content (AvgIpc) is 3.14. The summed E-state index contributed by atoms with van der Waals surface area (Å²) in [7, 11) is 0. The van der Waals surface area contributed by atoms with E-state index < -0.39 is 11.2 Å². The van der Waals surface area contributed by atoms with Crippen molar-refractivity contribution in [2.45, 2.75) is 6.92 Å². The van der Waals surface area contributed by atoms with Crippen LogP contribution >= 0.6 is 11.3 Å². The maximum atomic E-state index is 11.9. The van der Waals surface area contributed by atoms with Gasteiger partial charge in [0.2, 0.25) is 0 Å². The minimum Gasteiger partial charge on any atom is -0.509 e. The lowest BCUT2D eigenvalue weighted by atomic mass is 10.2. The number of aromatic amines is 2. The first-order valence-electron chi connectivity index (χ1n) is 7.95. The van der Waals surface area contributed by atoms with Gasteiger partial charge in [0.25, 0.3) is 5.56 Å². The SMILES string of the molecule is Cc1[nH]c(=O)[nH]c(=O)c1C=NN1CC(O)=C(c2nc3ccccc3s2)C1=N. The number of hydrazone groups is 1. The third-order valence-electron chi connectivity index (χ3n) is 4.09. The summed E-state index contributed by atoms with van der Waals surface area (Å²) >= 11 is 1.38. The molecule has 3 heterocycles. The number of amidine groups is 1. The molecule has 0 saturated heterocycles. The Labute approximate surface area is 155 Å². The highest BCUT2D eigenvalue weighted by Gasteiger charge is 2.30. The van der Waals surface area contributed by atoms with Gasteiger partial charge in [0, 0.05) is 5.69 Å². The second-order valence-electron chi connectivity index (χ2n) is 5.91. The van der Waals surface area contributed by atoms with E-state index in [2.05, 4.69) is 20.1 Å². The number of hydrogen-bond acceptors (Lipinski definition) is 7. The summed E-state index contributed by atoms with van der Waals surface area (Å²) in [6, 6.07) is 7.57.